The molecule has 0 bridgehead atoms. The molecule has 2 aliphatic heterocycles. The van der Waals surface area contributed by atoms with E-state index in [1.54, 1.807) is 18.4 Å². The van der Waals surface area contributed by atoms with E-state index in [4.69, 9.17) is 0 Å². The van der Waals surface area contributed by atoms with Gasteiger partial charge in [0.1, 0.15) is 0 Å². The van der Waals surface area contributed by atoms with Crippen molar-refractivity contribution in [2.75, 3.05) is 40.3 Å². The van der Waals surface area contributed by atoms with Gasteiger partial charge in [-0.25, -0.2) is 0 Å². The Morgan fingerprint density at radius 1 is 1.33 bits per heavy atom. The molecule has 15 heavy (non-hydrogen) atoms. The van der Waals surface area contributed by atoms with Gasteiger partial charge in [0, 0.05) is 39.1 Å². The standard InChI is InChI=1S/C9H19N3O2S/c1-11(2)15(13,14)12-7-9(8-12)4-3-5-10-6-9/h10H,3-8H2,1-2H3. The van der Waals surface area contributed by atoms with Crippen LogP contribution < -0.4 is 5.32 Å². The Hall–Kier alpha value is -0.170. The van der Waals surface area contributed by atoms with Crippen molar-refractivity contribution in [3.05, 3.63) is 0 Å². The van der Waals surface area contributed by atoms with Crippen LogP contribution in [0.5, 0.6) is 0 Å². The lowest BCUT2D eigenvalue weighted by Crippen LogP contribution is -2.65. The van der Waals surface area contributed by atoms with Gasteiger partial charge >= 0.3 is 0 Å². The second kappa shape index (κ2) is 3.69. The average Bonchev–Trinajstić information content (AvgIpc) is 2.15. The summed E-state index contributed by atoms with van der Waals surface area (Å²) in [6.07, 6.45) is 2.31. The van der Waals surface area contributed by atoms with Crippen molar-refractivity contribution < 1.29 is 8.42 Å². The molecule has 2 rings (SSSR count). The molecule has 0 atom stereocenters. The molecule has 1 N–H and O–H groups in total. The zero-order valence-electron chi connectivity index (χ0n) is 9.36. The molecule has 0 aromatic carbocycles. The highest BCUT2D eigenvalue weighted by Crippen LogP contribution is 2.38. The highest BCUT2D eigenvalue weighted by Gasteiger charge is 2.48. The average molecular weight is 233 g/mol. The van der Waals surface area contributed by atoms with Crippen LogP contribution in [0.1, 0.15) is 12.8 Å². The first-order valence-electron chi connectivity index (χ1n) is 5.35. The third-order valence-electron chi connectivity index (χ3n) is 3.37. The van der Waals surface area contributed by atoms with Crippen LogP contribution >= 0.6 is 0 Å². The predicted octanol–water partition coefficient (Wildman–Crippen LogP) is -0.522. The summed E-state index contributed by atoms with van der Waals surface area (Å²) in [5.41, 5.74) is 0.224. The number of nitrogens with one attached hydrogen (secondary N) is 1. The fourth-order valence-corrected chi connectivity index (χ4v) is 3.73. The first kappa shape index (κ1) is 11.3. The van der Waals surface area contributed by atoms with Crippen LogP contribution in [0.15, 0.2) is 0 Å². The lowest BCUT2D eigenvalue weighted by Gasteiger charge is -2.51. The summed E-state index contributed by atoms with van der Waals surface area (Å²) in [5, 5.41) is 3.34. The Morgan fingerprint density at radius 3 is 2.47 bits per heavy atom. The molecular weight excluding hydrogens is 214 g/mol. The summed E-state index contributed by atoms with van der Waals surface area (Å²) in [4.78, 5) is 0. The fourth-order valence-electron chi connectivity index (χ4n) is 2.40. The normalized spacial score (nSPS) is 26.9. The van der Waals surface area contributed by atoms with Gasteiger partial charge in [0.25, 0.3) is 10.2 Å². The highest BCUT2D eigenvalue weighted by molar-refractivity contribution is 7.86. The number of hydrogen-bond acceptors (Lipinski definition) is 3. The minimum atomic E-state index is -3.18. The summed E-state index contributed by atoms with van der Waals surface area (Å²) in [6.45, 7) is 3.40. The van der Waals surface area contributed by atoms with Gasteiger partial charge in [0.2, 0.25) is 0 Å². The number of rotatable bonds is 2. The molecule has 2 aliphatic rings. The van der Waals surface area contributed by atoms with Gasteiger partial charge in [0.15, 0.2) is 0 Å². The van der Waals surface area contributed by atoms with Crippen molar-refractivity contribution in [1.82, 2.24) is 13.9 Å². The Bertz CT molecular complexity index is 325. The first-order valence-corrected chi connectivity index (χ1v) is 6.74. The van der Waals surface area contributed by atoms with E-state index in [9.17, 15) is 8.42 Å². The maximum atomic E-state index is 11.8. The number of hydrogen-bond donors (Lipinski definition) is 1. The van der Waals surface area contributed by atoms with Crippen LogP contribution in [0.4, 0.5) is 0 Å². The van der Waals surface area contributed by atoms with E-state index in [-0.39, 0.29) is 5.41 Å². The largest absolute Gasteiger partial charge is 0.316 e. The third-order valence-corrected chi connectivity index (χ3v) is 5.21. The van der Waals surface area contributed by atoms with Crippen LogP contribution in [-0.4, -0.2) is 57.3 Å². The molecule has 0 unspecified atom stereocenters. The van der Waals surface area contributed by atoms with Crippen LogP contribution in [0.25, 0.3) is 0 Å². The smallest absolute Gasteiger partial charge is 0.281 e. The molecule has 2 fully saturated rings. The second-order valence-electron chi connectivity index (χ2n) is 4.84. The van der Waals surface area contributed by atoms with Crippen molar-refractivity contribution >= 4 is 10.2 Å². The molecule has 0 aliphatic carbocycles. The lowest BCUT2D eigenvalue weighted by molar-refractivity contribution is 0.0400. The molecule has 0 aromatic rings. The van der Waals surface area contributed by atoms with Crippen molar-refractivity contribution in [3.63, 3.8) is 0 Å². The number of piperidine rings is 1. The SMILES string of the molecule is CN(C)S(=O)(=O)N1CC2(CCCNC2)C1. The molecular formula is C9H19N3O2S. The molecule has 2 heterocycles. The van der Waals surface area contributed by atoms with Crippen LogP contribution in [0.2, 0.25) is 0 Å². The molecule has 0 saturated carbocycles. The summed E-state index contributed by atoms with van der Waals surface area (Å²) in [5.74, 6) is 0. The van der Waals surface area contributed by atoms with Crippen molar-refractivity contribution in [2.24, 2.45) is 5.41 Å². The lowest BCUT2D eigenvalue weighted by atomic mass is 9.75. The maximum Gasteiger partial charge on any atom is 0.281 e. The van der Waals surface area contributed by atoms with Crippen LogP contribution in [-0.2, 0) is 10.2 Å². The van der Waals surface area contributed by atoms with E-state index in [0.717, 1.165) is 25.9 Å². The van der Waals surface area contributed by atoms with Gasteiger partial charge in [-0.15, -0.1) is 0 Å². The second-order valence-corrected chi connectivity index (χ2v) is 6.98. The van der Waals surface area contributed by atoms with E-state index >= 15 is 0 Å². The van der Waals surface area contributed by atoms with E-state index in [1.165, 1.54) is 4.31 Å². The van der Waals surface area contributed by atoms with Crippen molar-refractivity contribution in [3.8, 4) is 0 Å². The van der Waals surface area contributed by atoms with Gasteiger partial charge < -0.3 is 5.32 Å². The molecule has 5 nitrogen and oxygen atoms in total. The molecule has 0 aromatic heterocycles. The van der Waals surface area contributed by atoms with Gasteiger partial charge in [-0.05, 0) is 19.4 Å². The van der Waals surface area contributed by atoms with Crippen LogP contribution in [0, 0.1) is 5.41 Å². The molecule has 0 amide bonds. The molecule has 1 spiro atoms. The van der Waals surface area contributed by atoms with E-state index < -0.39 is 10.2 Å². The zero-order valence-corrected chi connectivity index (χ0v) is 10.2. The summed E-state index contributed by atoms with van der Waals surface area (Å²) in [6, 6.07) is 0. The van der Waals surface area contributed by atoms with E-state index in [2.05, 4.69) is 5.32 Å². The van der Waals surface area contributed by atoms with E-state index in [1.807, 2.05) is 0 Å². The Kier molecular flexibility index (Phi) is 2.79. The monoisotopic (exact) mass is 233 g/mol. The quantitative estimate of drug-likeness (QED) is 0.698. The summed E-state index contributed by atoms with van der Waals surface area (Å²) >= 11 is 0. The van der Waals surface area contributed by atoms with E-state index in [0.29, 0.717) is 13.1 Å². The third kappa shape index (κ3) is 1.91. The van der Waals surface area contributed by atoms with Gasteiger partial charge in [0.05, 0.1) is 0 Å². The molecule has 6 heteroatoms. The summed E-state index contributed by atoms with van der Waals surface area (Å²) < 4.78 is 26.4. The predicted molar refractivity (Wildman–Crippen MR) is 58.7 cm³/mol. The van der Waals surface area contributed by atoms with Crippen LogP contribution in [0.3, 0.4) is 0 Å². The molecule has 0 radical (unpaired) electrons. The minimum Gasteiger partial charge on any atom is -0.316 e. The Balaban J connectivity index is 1.98. The summed E-state index contributed by atoms with van der Waals surface area (Å²) in [7, 11) is -0.0111. The minimum absolute atomic E-state index is 0.224. The maximum absolute atomic E-state index is 11.8. The van der Waals surface area contributed by atoms with Gasteiger partial charge in [-0.3, -0.25) is 0 Å². The van der Waals surface area contributed by atoms with Crippen molar-refractivity contribution in [1.29, 1.82) is 0 Å². The highest BCUT2D eigenvalue weighted by atomic mass is 32.2. The molecule has 2 saturated heterocycles. The zero-order chi connectivity index (χ0) is 11.1. The first-order chi connectivity index (χ1) is 6.96. The van der Waals surface area contributed by atoms with Gasteiger partial charge in [-0.2, -0.15) is 17.0 Å². The van der Waals surface area contributed by atoms with Crippen molar-refractivity contribution in [2.45, 2.75) is 12.8 Å². The number of nitrogens with zero attached hydrogens (tertiary/aromatic N) is 2. The Morgan fingerprint density at radius 2 is 2.00 bits per heavy atom. The molecule has 88 valence electrons. The topological polar surface area (TPSA) is 52.7 Å². The fraction of sp³-hybridized carbons (Fsp3) is 1.00. The Labute approximate surface area is 91.6 Å². The van der Waals surface area contributed by atoms with Gasteiger partial charge in [-0.1, -0.05) is 0 Å².